The van der Waals surface area contributed by atoms with Crippen molar-refractivity contribution < 1.29 is 14.4 Å². The van der Waals surface area contributed by atoms with Crippen LogP contribution < -0.4 is 21.7 Å². The molecule has 206 valence electrons. The lowest BCUT2D eigenvalue weighted by atomic mass is 9.77. The zero-order valence-electron chi connectivity index (χ0n) is 22.4. The fourth-order valence-corrected chi connectivity index (χ4v) is 7.43. The minimum absolute atomic E-state index is 0.0272. The van der Waals surface area contributed by atoms with Gasteiger partial charge in [-0.2, -0.15) is 0 Å². The normalized spacial score (nSPS) is 29.3. The maximum atomic E-state index is 14.0. The number of hydrogen-bond acceptors (Lipinski definition) is 5. The van der Waals surface area contributed by atoms with Gasteiger partial charge in [0.1, 0.15) is 6.04 Å². The molecule has 3 fully saturated rings. The fraction of sp³-hybridized carbons (Fsp3) is 0.516. The Morgan fingerprint density at radius 3 is 2.54 bits per heavy atom. The fourth-order valence-electron chi connectivity index (χ4n) is 7.43. The van der Waals surface area contributed by atoms with Gasteiger partial charge >= 0.3 is 0 Å². The van der Waals surface area contributed by atoms with Crippen LogP contribution in [0.1, 0.15) is 48.4 Å². The van der Waals surface area contributed by atoms with E-state index >= 15 is 0 Å². The van der Waals surface area contributed by atoms with Crippen LogP contribution in [0.4, 0.5) is 0 Å². The van der Waals surface area contributed by atoms with Crippen molar-refractivity contribution >= 4 is 17.7 Å². The highest BCUT2D eigenvalue weighted by Gasteiger charge is 2.48. The molecule has 0 radical (unpaired) electrons. The number of likely N-dealkylation sites (tertiary alicyclic amines) is 1. The van der Waals surface area contributed by atoms with E-state index in [9.17, 15) is 14.4 Å². The van der Waals surface area contributed by atoms with Gasteiger partial charge in [0, 0.05) is 13.1 Å². The topological polar surface area (TPSA) is 117 Å². The van der Waals surface area contributed by atoms with E-state index in [2.05, 4.69) is 28.1 Å². The molecule has 3 amide bonds. The molecule has 0 saturated carbocycles. The Balaban J connectivity index is 1.22. The van der Waals surface area contributed by atoms with Crippen LogP contribution >= 0.6 is 0 Å². The molecule has 1 spiro atoms. The molecule has 6 rings (SSSR count). The van der Waals surface area contributed by atoms with Crippen molar-refractivity contribution in [3.8, 4) is 0 Å². The molecule has 3 heterocycles. The summed E-state index contributed by atoms with van der Waals surface area (Å²) in [4.78, 5) is 42.1. The van der Waals surface area contributed by atoms with Gasteiger partial charge in [-0.05, 0) is 79.6 Å². The molecule has 8 nitrogen and oxygen atoms in total. The summed E-state index contributed by atoms with van der Waals surface area (Å²) in [5.74, 6) is -0.890. The number of nitrogens with one attached hydrogen (secondary N) is 3. The molecule has 0 bridgehead atoms. The number of carbonyl (C=O) groups excluding carboxylic acids is 3. The van der Waals surface area contributed by atoms with Crippen molar-refractivity contribution in [2.45, 2.75) is 56.7 Å². The highest BCUT2D eigenvalue weighted by atomic mass is 16.2. The summed E-state index contributed by atoms with van der Waals surface area (Å²) in [6.07, 6.45) is 4.90. The number of nitrogens with two attached hydrogens (primary N) is 1. The summed E-state index contributed by atoms with van der Waals surface area (Å²) < 4.78 is 0. The lowest BCUT2D eigenvalue weighted by Crippen LogP contribution is -2.52. The third-order valence-corrected chi connectivity index (χ3v) is 9.56. The molecule has 2 aromatic rings. The number of nitrogens with zero attached hydrogens (tertiary/aromatic N) is 1. The summed E-state index contributed by atoms with van der Waals surface area (Å²) in [5, 5.41) is 10.1. The zero-order chi connectivity index (χ0) is 27.0. The van der Waals surface area contributed by atoms with Gasteiger partial charge in [-0.1, -0.05) is 54.6 Å². The van der Waals surface area contributed by atoms with E-state index in [-0.39, 0.29) is 29.2 Å². The summed E-state index contributed by atoms with van der Waals surface area (Å²) in [6.45, 7) is 3.38. The number of primary amides is 1. The van der Waals surface area contributed by atoms with Crippen LogP contribution in [-0.4, -0.2) is 60.9 Å². The second-order valence-electron chi connectivity index (χ2n) is 12.1. The summed E-state index contributed by atoms with van der Waals surface area (Å²) in [7, 11) is 0. The van der Waals surface area contributed by atoms with Gasteiger partial charge in [0.2, 0.25) is 17.7 Å². The smallest absolute Gasteiger partial charge is 0.243 e. The monoisotopic (exact) mass is 529 g/mol. The Hall–Kier alpha value is -3.23. The first-order valence-electron chi connectivity index (χ1n) is 14.4. The van der Waals surface area contributed by atoms with Crippen LogP contribution in [0, 0.1) is 17.3 Å². The molecule has 5 N–H and O–H groups in total. The summed E-state index contributed by atoms with van der Waals surface area (Å²) in [5.41, 5.74) is 9.11. The molecule has 5 atom stereocenters. The average molecular weight is 530 g/mol. The predicted molar refractivity (Wildman–Crippen MR) is 148 cm³/mol. The number of hydrogen-bond donors (Lipinski definition) is 4. The molecule has 8 heteroatoms. The van der Waals surface area contributed by atoms with Crippen LogP contribution in [0.15, 0.2) is 54.6 Å². The molecule has 5 unspecified atom stereocenters. The Labute approximate surface area is 230 Å². The van der Waals surface area contributed by atoms with Crippen LogP contribution in [0.25, 0.3) is 0 Å². The third kappa shape index (κ3) is 5.20. The molecular weight excluding hydrogens is 490 g/mol. The minimum Gasteiger partial charge on any atom is -0.369 e. The highest BCUT2D eigenvalue weighted by molar-refractivity contribution is 5.91. The Morgan fingerprint density at radius 1 is 1.03 bits per heavy atom. The minimum atomic E-state index is -0.570. The Kier molecular flexibility index (Phi) is 7.16. The van der Waals surface area contributed by atoms with Crippen molar-refractivity contribution in [1.82, 2.24) is 20.9 Å². The number of piperidine rings is 1. The highest BCUT2D eigenvalue weighted by Crippen LogP contribution is 2.40. The molecule has 1 aliphatic carbocycles. The number of amides is 3. The maximum Gasteiger partial charge on any atom is 0.243 e. The number of carbonyl (C=O) groups is 3. The molecular formula is C31H39N5O3. The van der Waals surface area contributed by atoms with Gasteiger partial charge in [-0.3, -0.25) is 14.4 Å². The quantitative estimate of drug-likeness (QED) is 0.455. The van der Waals surface area contributed by atoms with Crippen molar-refractivity contribution in [3.63, 3.8) is 0 Å². The van der Waals surface area contributed by atoms with Gasteiger partial charge in [0.15, 0.2) is 0 Å². The van der Waals surface area contributed by atoms with Crippen molar-refractivity contribution in [3.05, 3.63) is 71.3 Å². The largest absolute Gasteiger partial charge is 0.369 e. The number of benzene rings is 2. The lowest BCUT2D eigenvalue weighted by Gasteiger charge is -2.33. The van der Waals surface area contributed by atoms with E-state index in [1.807, 2.05) is 47.4 Å². The van der Waals surface area contributed by atoms with Gasteiger partial charge in [-0.25, -0.2) is 0 Å². The first-order valence-corrected chi connectivity index (χ1v) is 14.4. The second-order valence-corrected chi connectivity index (χ2v) is 12.1. The van der Waals surface area contributed by atoms with E-state index in [1.54, 1.807) is 0 Å². The number of fused-ring (bicyclic) bond motifs is 1. The standard InChI is InChI=1S/C31H39N5O3/c32-28(37)24-16-22-8-4-5-9-23(22)27(24)35-29(38)26-15-21(14-20-6-2-1-3-7-20)18-36(26)30(39)25-17-31(19-34-25)10-12-33-13-11-31/h1-9,21,24-27,33-34H,10-19H2,(H2,32,37)(H,35,38). The lowest BCUT2D eigenvalue weighted by molar-refractivity contribution is -0.140. The van der Waals surface area contributed by atoms with Gasteiger partial charge in [0.05, 0.1) is 18.0 Å². The van der Waals surface area contributed by atoms with Crippen molar-refractivity contribution in [2.24, 2.45) is 23.0 Å². The van der Waals surface area contributed by atoms with Crippen molar-refractivity contribution in [2.75, 3.05) is 26.2 Å². The van der Waals surface area contributed by atoms with Crippen LogP contribution in [0.5, 0.6) is 0 Å². The van der Waals surface area contributed by atoms with E-state index < -0.39 is 23.9 Å². The van der Waals surface area contributed by atoms with E-state index in [0.29, 0.717) is 19.4 Å². The van der Waals surface area contributed by atoms with Gasteiger partial charge in [0.25, 0.3) is 0 Å². The molecule has 3 aliphatic heterocycles. The second kappa shape index (κ2) is 10.7. The molecule has 3 saturated heterocycles. The van der Waals surface area contributed by atoms with Crippen LogP contribution in [0.2, 0.25) is 0 Å². The average Bonchev–Trinajstić information content (AvgIpc) is 3.66. The zero-order valence-corrected chi connectivity index (χ0v) is 22.4. The van der Waals surface area contributed by atoms with E-state index in [0.717, 1.165) is 56.4 Å². The third-order valence-electron chi connectivity index (χ3n) is 9.56. The SMILES string of the molecule is NC(=O)C1Cc2ccccc2C1NC(=O)C1CC(Cc2ccccc2)CN1C(=O)C1CC2(CCNCC2)CN1. The maximum absolute atomic E-state index is 14.0. The Morgan fingerprint density at radius 2 is 1.77 bits per heavy atom. The van der Waals surface area contributed by atoms with Crippen LogP contribution in [-0.2, 0) is 27.2 Å². The molecule has 4 aliphatic rings. The molecule has 2 aromatic carbocycles. The van der Waals surface area contributed by atoms with Crippen molar-refractivity contribution in [1.29, 1.82) is 0 Å². The van der Waals surface area contributed by atoms with Crippen LogP contribution in [0.3, 0.4) is 0 Å². The summed E-state index contributed by atoms with van der Waals surface area (Å²) in [6, 6.07) is 16.8. The number of rotatable bonds is 6. The van der Waals surface area contributed by atoms with Gasteiger partial charge < -0.3 is 26.6 Å². The van der Waals surface area contributed by atoms with Gasteiger partial charge in [-0.15, -0.1) is 0 Å². The summed E-state index contributed by atoms with van der Waals surface area (Å²) >= 11 is 0. The molecule has 0 aromatic heterocycles. The first-order chi connectivity index (χ1) is 18.9. The first kappa shape index (κ1) is 26.0. The Bertz CT molecular complexity index is 1230. The predicted octanol–water partition coefficient (Wildman–Crippen LogP) is 1.69. The molecule has 39 heavy (non-hydrogen) atoms. The van der Waals surface area contributed by atoms with E-state index in [4.69, 9.17) is 5.73 Å². The van der Waals surface area contributed by atoms with E-state index in [1.165, 1.54) is 5.56 Å².